The van der Waals surface area contributed by atoms with Gasteiger partial charge in [-0.2, -0.15) is 0 Å². The number of morpholine rings is 1. The maximum absolute atomic E-state index is 7.41. The molecule has 6 nitrogen and oxygen atoms in total. The van der Waals surface area contributed by atoms with Crippen LogP contribution in [-0.2, 0) is 4.74 Å². The number of hydrogen-bond donors (Lipinski definition) is 2. The lowest BCUT2D eigenvalue weighted by Gasteiger charge is -2.32. The maximum atomic E-state index is 7.41. The van der Waals surface area contributed by atoms with Gasteiger partial charge in [0.05, 0.1) is 13.7 Å². The zero-order valence-corrected chi connectivity index (χ0v) is 11.7. The summed E-state index contributed by atoms with van der Waals surface area (Å²) in [6.45, 7) is 3.49. The largest absolute Gasteiger partial charge is 0.497 e. The first-order valence-electron chi connectivity index (χ1n) is 6.64. The molecule has 1 unspecified atom stereocenters. The predicted octanol–water partition coefficient (Wildman–Crippen LogP) is 0.711. The zero-order chi connectivity index (χ0) is 14.4. The minimum atomic E-state index is -0.287. The van der Waals surface area contributed by atoms with Gasteiger partial charge in [0, 0.05) is 19.6 Å². The fourth-order valence-corrected chi connectivity index (χ4v) is 2.06. The minimum Gasteiger partial charge on any atom is -0.497 e. The van der Waals surface area contributed by atoms with E-state index in [1.54, 1.807) is 7.11 Å². The molecule has 0 spiro atoms. The second-order valence-corrected chi connectivity index (χ2v) is 4.64. The molecule has 0 amide bonds. The molecule has 2 rings (SSSR count). The quantitative estimate of drug-likeness (QED) is 0.592. The molecule has 0 bridgehead atoms. The van der Waals surface area contributed by atoms with E-state index in [1.807, 2.05) is 24.3 Å². The smallest absolute Gasteiger partial charge is 0.127 e. The van der Waals surface area contributed by atoms with Crippen molar-refractivity contribution in [2.45, 2.75) is 6.10 Å². The van der Waals surface area contributed by atoms with Crippen LogP contribution in [0.4, 0.5) is 0 Å². The third-order valence-corrected chi connectivity index (χ3v) is 3.23. The molecule has 1 fully saturated rings. The fraction of sp³-hybridized carbons (Fsp3) is 0.500. The number of ether oxygens (including phenoxy) is 3. The van der Waals surface area contributed by atoms with Gasteiger partial charge in [-0.15, -0.1) is 0 Å². The summed E-state index contributed by atoms with van der Waals surface area (Å²) < 4.78 is 16.2. The van der Waals surface area contributed by atoms with Gasteiger partial charge < -0.3 is 19.9 Å². The summed E-state index contributed by atoms with van der Waals surface area (Å²) in [7, 11) is 1.64. The Morgan fingerprint density at radius 3 is 2.75 bits per heavy atom. The number of methoxy groups -OCH3 is 1. The van der Waals surface area contributed by atoms with Crippen molar-refractivity contribution in [1.29, 1.82) is 5.41 Å². The van der Waals surface area contributed by atoms with Gasteiger partial charge in [-0.3, -0.25) is 10.3 Å². The van der Waals surface area contributed by atoms with Crippen LogP contribution >= 0.6 is 0 Å². The number of hydrogen-bond acceptors (Lipinski definition) is 5. The monoisotopic (exact) mass is 279 g/mol. The normalized spacial score (nSPS) is 19.6. The van der Waals surface area contributed by atoms with E-state index in [9.17, 15) is 0 Å². The van der Waals surface area contributed by atoms with Crippen LogP contribution in [0.25, 0.3) is 0 Å². The Balaban J connectivity index is 1.73. The van der Waals surface area contributed by atoms with Crippen LogP contribution in [0.15, 0.2) is 24.3 Å². The highest BCUT2D eigenvalue weighted by Crippen LogP contribution is 2.17. The number of benzene rings is 1. The van der Waals surface area contributed by atoms with Crippen LogP contribution in [0.3, 0.4) is 0 Å². The summed E-state index contributed by atoms with van der Waals surface area (Å²) in [5, 5.41) is 7.41. The van der Waals surface area contributed by atoms with Gasteiger partial charge in [-0.05, 0) is 24.3 Å². The SMILES string of the molecule is COc1ccc(OCCN2CCOC(C(=N)N)C2)cc1. The summed E-state index contributed by atoms with van der Waals surface area (Å²) in [6.07, 6.45) is -0.287. The summed E-state index contributed by atoms with van der Waals surface area (Å²) in [4.78, 5) is 2.19. The summed E-state index contributed by atoms with van der Waals surface area (Å²) >= 11 is 0. The van der Waals surface area contributed by atoms with Crippen LogP contribution in [0.5, 0.6) is 11.5 Å². The van der Waals surface area contributed by atoms with Gasteiger partial charge in [-0.1, -0.05) is 0 Å². The number of nitrogens with zero attached hydrogens (tertiary/aromatic N) is 1. The van der Waals surface area contributed by atoms with E-state index in [2.05, 4.69) is 4.90 Å². The first-order chi connectivity index (χ1) is 9.69. The lowest BCUT2D eigenvalue weighted by Crippen LogP contribution is -2.49. The zero-order valence-electron chi connectivity index (χ0n) is 11.7. The molecule has 0 radical (unpaired) electrons. The third-order valence-electron chi connectivity index (χ3n) is 3.23. The maximum Gasteiger partial charge on any atom is 0.127 e. The van der Waals surface area contributed by atoms with Gasteiger partial charge in [0.25, 0.3) is 0 Å². The van der Waals surface area contributed by atoms with E-state index < -0.39 is 0 Å². The lowest BCUT2D eigenvalue weighted by atomic mass is 10.2. The van der Waals surface area contributed by atoms with Gasteiger partial charge >= 0.3 is 0 Å². The summed E-state index contributed by atoms with van der Waals surface area (Å²) in [6, 6.07) is 7.51. The van der Waals surface area contributed by atoms with Crippen molar-refractivity contribution in [3.63, 3.8) is 0 Å². The second-order valence-electron chi connectivity index (χ2n) is 4.64. The van der Waals surface area contributed by atoms with E-state index >= 15 is 0 Å². The number of rotatable bonds is 6. The molecule has 1 atom stereocenters. The molecule has 20 heavy (non-hydrogen) atoms. The van der Waals surface area contributed by atoms with Crippen LogP contribution in [-0.4, -0.2) is 56.8 Å². The number of nitrogens with one attached hydrogen (secondary N) is 1. The van der Waals surface area contributed by atoms with E-state index in [1.165, 1.54) is 0 Å². The molecule has 110 valence electrons. The van der Waals surface area contributed by atoms with Crippen LogP contribution in [0.1, 0.15) is 0 Å². The molecule has 0 aliphatic carbocycles. The van der Waals surface area contributed by atoms with Crippen molar-refractivity contribution in [2.24, 2.45) is 5.73 Å². The van der Waals surface area contributed by atoms with Crippen LogP contribution in [0.2, 0.25) is 0 Å². The highest BCUT2D eigenvalue weighted by atomic mass is 16.5. The third kappa shape index (κ3) is 4.11. The van der Waals surface area contributed by atoms with Crippen molar-refractivity contribution in [2.75, 3.05) is 40.0 Å². The standard InChI is InChI=1S/C14H21N3O3/c1-18-11-2-4-12(5-3-11)19-8-6-17-7-9-20-13(10-17)14(15)16/h2-5,13H,6-10H2,1H3,(H3,15,16). The first kappa shape index (κ1) is 14.6. The van der Waals surface area contributed by atoms with Gasteiger partial charge in [-0.25, -0.2) is 0 Å². The van der Waals surface area contributed by atoms with Crippen LogP contribution in [0, 0.1) is 5.41 Å². The molecule has 0 aromatic heterocycles. The van der Waals surface area contributed by atoms with Crippen molar-refractivity contribution in [3.05, 3.63) is 24.3 Å². The highest BCUT2D eigenvalue weighted by molar-refractivity contribution is 5.82. The second kappa shape index (κ2) is 7.12. The summed E-state index contributed by atoms with van der Waals surface area (Å²) in [5.74, 6) is 1.72. The Bertz CT molecular complexity index is 436. The minimum absolute atomic E-state index is 0.0887. The average Bonchev–Trinajstić information content (AvgIpc) is 2.48. The topological polar surface area (TPSA) is 80.8 Å². The van der Waals surface area contributed by atoms with Crippen molar-refractivity contribution in [1.82, 2.24) is 4.90 Å². The van der Waals surface area contributed by atoms with Gasteiger partial charge in [0.15, 0.2) is 0 Å². The van der Waals surface area contributed by atoms with E-state index in [4.69, 9.17) is 25.4 Å². The Morgan fingerprint density at radius 1 is 1.40 bits per heavy atom. The number of amidine groups is 1. The van der Waals surface area contributed by atoms with E-state index in [0.717, 1.165) is 24.6 Å². The molecule has 6 heteroatoms. The Hall–Kier alpha value is -1.79. The molecular formula is C14H21N3O3. The van der Waals surface area contributed by atoms with Crippen molar-refractivity contribution in [3.8, 4) is 11.5 Å². The molecule has 1 aliphatic rings. The molecule has 1 heterocycles. The molecule has 1 aromatic carbocycles. The molecular weight excluding hydrogens is 258 g/mol. The molecule has 1 aromatic rings. The average molecular weight is 279 g/mol. The molecule has 1 saturated heterocycles. The highest BCUT2D eigenvalue weighted by Gasteiger charge is 2.22. The van der Waals surface area contributed by atoms with E-state index in [-0.39, 0.29) is 11.9 Å². The summed E-state index contributed by atoms with van der Waals surface area (Å²) in [5.41, 5.74) is 5.46. The molecule has 1 aliphatic heterocycles. The van der Waals surface area contributed by atoms with Crippen LogP contribution < -0.4 is 15.2 Å². The lowest BCUT2D eigenvalue weighted by molar-refractivity contribution is 0.00156. The van der Waals surface area contributed by atoms with Crippen molar-refractivity contribution >= 4 is 5.84 Å². The number of nitrogens with two attached hydrogens (primary N) is 1. The fourth-order valence-electron chi connectivity index (χ4n) is 2.06. The first-order valence-corrected chi connectivity index (χ1v) is 6.64. The van der Waals surface area contributed by atoms with Crippen molar-refractivity contribution < 1.29 is 14.2 Å². The Morgan fingerprint density at radius 2 is 2.10 bits per heavy atom. The van der Waals surface area contributed by atoms with Gasteiger partial charge in [0.2, 0.25) is 0 Å². The van der Waals surface area contributed by atoms with E-state index in [0.29, 0.717) is 19.8 Å². The predicted molar refractivity (Wildman–Crippen MR) is 76.6 cm³/mol. The Kier molecular flexibility index (Phi) is 5.20. The Labute approximate surface area is 118 Å². The van der Waals surface area contributed by atoms with Gasteiger partial charge in [0.1, 0.15) is 30.0 Å². The molecule has 3 N–H and O–H groups in total. The molecule has 0 saturated carbocycles.